The molecule has 0 saturated carbocycles. The highest BCUT2D eigenvalue weighted by Crippen LogP contribution is 2.09. The maximum atomic E-state index is 11.4. The van der Waals surface area contributed by atoms with Gasteiger partial charge in [-0.3, -0.25) is 4.90 Å². The van der Waals surface area contributed by atoms with Gasteiger partial charge in [-0.25, -0.2) is 23.1 Å². The molecule has 0 spiro atoms. The van der Waals surface area contributed by atoms with Crippen LogP contribution in [0.5, 0.6) is 0 Å². The van der Waals surface area contributed by atoms with Crippen LogP contribution >= 0.6 is 0 Å². The number of rotatable bonds is 1. The second kappa shape index (κ2) is 12.9. The van der Waals surface area contributed by atoms with Gasteiger partial charge >= 0.3 is 6.03 Å². The minimum Gasteiger partial charge on any atom is -1.00 e. The van der Waals surface area contributed by atoms with Crippen molar-refractivity contribution in [3.05, 3.63) is 77.3 Å². The number of likely N-dealkylation sites (N-methyl/N-ethyl adjacent to an activating group) is 1. The third-order valence-corrected chi connectivity index (χ3v) is 7.05. The fraction of sp³-hybridized carbons (Fsp3) is 0.346. The molecule has 1 aromatic heterocycles. The molecule has 2 amide bonds. The number of carbonyl (C=O) groups excluding carboxylic acids is 1. The molecule has 0 bridgehead atoms. The van der Waals surface area contributed by atoms with Gasteiger partial charge in [-0.15, -0.1) is 0 Å². The highest BCUT2D eigenvalue weighted by molar-refractivity contribution is 7.85. The highest BCUT2D eigenvalue weighted by atomic mass is 35.5. The van der Waals surface area contributed by atoms with E-state index in [9.17, 15) is 17.8 Å². The molecule has 1 N–H and O–H groups in total. The summed E-state index contributed by atoms with van der Waals surface area (Å²) in [4.78, 5) is 18.4. The second-order valence-electron chi connectivity index (χ2n) is 8.73. The summed E-state index contributed by atoms with van der Waals surface area (Å²) in [5.74, 6) is 0. The fourth-order valence-corrected chi connectivity index (χ4v) is 3.92. The topological polar surface area (TPSA) is 98.7 Å². The van der Waals surface area contributed by atoms with Crippen LogP contribution in [0.3, 0.4) is 0 Å². The molecule has 0 fully saturated rings. The van der Waals surface area contributed by atoms with Crippen molar-refractivity contribution in [1.29, 1.82) is 0 Å². The number of aryl methyl sites for hydroxylation is 3. The van der Waals surface area contributed by atoms with Crippen molar-refractivity contribution < 1.29 is 39.6 Å². The zero-order valence-electron chi connectivity index (χ0n) is 22.0. The summed E-state index contributed by atoms with van der Waals surface area (Å²) in [7, 11) is 1.51. The lowest BCUT2D eigenvalue weighted by atomic mass is 10.2. The number of carbonyl (C=O) groups is 1. The number of para-hydroxylation sites is 2. The summed E-state index contributed by atoms with van der Waals surface area (Å²) >= 11 is 0. The van der Waals surface area contributed by atoms with E-state index in [-0.39, 0.29) is 29.4 Å². The van der Waals surface area contributed by atoms with Crippen molar-refractivity contribution >= 4 is 27.2 Å². The number of quaternary nitrogens is 1. The molecule has 2 atom stereocenters. The molecule has 2 aromatic carbocycles. The monoisotopic (exact) mass is 534 g/mol. The highest BCUT2D eigenvalue weighted by Gasteiger charge is 2.29. The Hall–Kier alpha value is -2.85. The van der Waals surface area contributed by atoms with Crippen LogP contribution in [0.15, 0.2) is 65.2 Å². The van der Waals surface area contributed by atoms with Crippen LogP contribution in [0.1, 0.15) is 30.8 Å². The Labute approximate surface area is 220 Å². The first-order chi connectivity index (χ1) is 16.2. The molecule has 36 heavy (non-hydrogen) atoms. The molecule has 196 valence electrons. The van der Waals surface area contributed by atoms with Crippen LogP contribution in [0.4, 0.5) is 4.79 Å². The Morgan fingerprint density at radius 2 is 1.58 bits per heavy atom. The van der Waals surface area contributed by atoms with E-state index in [1.54, 1.807) is 17.0 Å². The van der Waals surface area contributed by atoms with E-state index in [0.29, 0.717) is 0 Å². The molecule has 10 heteroatoms. The lowest BCUT2D eigenvalue weighted by Gasteiger charge is -2.28. The van der Waals surface area contributed by atoms with E-state index in [4.69, 9.17) is 0 Å². The van der Waals surface area contributed by atoms with E-state index in [0.717, 1.165) is 27.4 Å². The van der Waals surface area contributed by atoms with E-state index in [2.05, 4.69) is 35.7 Å². The lowest BCUT2D eigenvalue weighted by Crippen LogP contribution is -3.12. The van der Waals surface area contributed by atoms with Gasteiger partial charge in [0.15, 0.2) is 5.69 Å². The largest absolute Gasteiger partial charge is 1.00 e. The zero-order valence-corrected chi connectivity index (χ0v) is 23.6. The first-order valence-corrected chi connectivity index (χ1v) is 12.7. The number of amides is 2. The standard InChI is InChI=1S/C11H13N2.C8H14N2O.C7H8O3S.ClH/c1-8-9(2)13(3)11-7-5-4-6-10(11)12-8;1-6-5-7(2)10(4)8(11)9(6)3;1-6-2-4-7(5-3-6)11(8,9)10;/h4-7H,1-3H3;5-6H,1-4H3;2-5H,1H3,(H,8,9,10);1H/q+1;;;/p-1. The molecule has 0 saturated heterocycles. The molecule has 4 rings (SSSR count). The summed E-state index contributed by atoms with van der Waals surface area (Å²) in [6, 6.07) is 14.4. The first-order valence-electron chi connectivity index (χ1n) is 11.3. The van der Waals surface area contributed by atoms with Gasteiger partial charge in [0, 0.05) is 27.0 Å². The van der Waals surface area contributed by atoms with Gasteiger partial charge < -0.3 is 17.0 Å². The fourth-order valence-electron chi connectivity index (χ4n) is 3.45. The van der Waals surface area contributed by atoms with Gasteiger partial charge in [-0.2, -0.15) is 4.57 Å². The molecule has 0 radical (unpaired) electrons. The van der Waals surface area contributed by atoms with E-state index in [1.165, 1.54) is 23.3 Å². The van der Waals surface area contributed by atoms with E-state index in [1.807, 2.05) is 60.0 Å². The normalized spacial score (nSPS) is 17.2. The van der Waals surface area contributed by atoms with Crippen LogP contribution in [-0.4, -0.2) is 49.0 Å². The number of halogens is 1. The Kier molecular flexibility index (Phi) is 11.2. The molecule has 2 heterocycles. The zero-order chi connectivity index (χ0) is 26.5. The minimum absolute atomic E-state index is 0. The SMILES string of the molecule is CC1=CC(C)N(C)C(=O)[NH+]1C.Cc1ccc(S(=O)(=O)[O-])cc1.Cc1nc2ccccc2[n+](C)c1C.[Cl-]. The van der Waals surface area contributed by atoms with E-state index >= 15 is 0 Å². The van der Waals surface area contributed by atoms with Crippen LogP contribution in [0.2, 0.25) is 0 Å². The van der Waals surface area contributed by atoms with Crippen LogP contribution in [-0.2, 0) is 17.2 Å². The van der Waals surface area contributed by atoms with Crippen molar-refractivity contribution in [2.45, 2.75) is 45.6 Å². The molecule has 2 unspecified atom stereocenters. The van der Waals surface area contributed by atoms with Gasteiger partial charge in [-0.05, 0) is 45.0 Å². The Morgan fingerprint density at radius 3 is 2.14 bits per heavy atom. The van der Waals surface area contributed by atoms with Gasteiger partial charge in [0.05, 0.1) is 18.0 Å². The molecule has 1 aliphatic heterocycles. The van der Waals surface area contributed by atoms with Crippen molar-refractivity contribution in [3.63, 3.8) is 0 Å². The minimum atomic E-state index is -4.27. The van der Waals surface area contributed by atoms with Crippen LogP contribution in [0.25, 0.3) is 11.0 Å². The second-order valence-corrected chi connectivity index (χ2v) is 10.1. The average molecular weight is 535 g/mol. The average Bonchev–Trinajstić information content (AvgIpc) is 2.80. The predicted molar refractivity (Wildman–Crippen MR) is 135 cm³/mol. The summed E-state index contributed by atoms with van der Waals surface area (Å²) < 4.78 is 33.3. The molecular formula is C26H35ClN4O4S. The summed E-state index contributed by atoms with van der Waals surface area (Å²) in [6.07, 6.45) is 2.11. The van der Waals surface area contributed by atoms with Gasteiger partial charge in [-0.1, -0.05) is 29.8 Å². The molecular weight excluding hydrogens is 500 g/mol. The number of fused-ring (bicyclic) bond motifs is 1. The summed E-state index contributed by atoms with van der Waals surface area (Å²) in [6.45, 7) is 9.96. The van der Waals surface area contributed by atoms with Crippen molar-refractivity contribution in [3.8, 4) is 0 Å². The predicted octanol–water partition coefficient (Wildman–Crippen LogP) is -0.562. The maximum absolute atomic E-state index is 11.4. The van der Waals surface area contributed by atoms with Gasteiger partial charge in [0.1, 0.15) is 34.1 Å². The number of allylic oxidation sites excluding steroid dienone is 1. The lowest BCUT2D eigenvalue weighted by molar-refractivity contribution is -0.756. The number of aromatic nitrogens is 2. The smallest absolute Gasteiger partial charge is 0.422 e. The summed E-state index contributed by atoms with van der Waals surface area (Å²) in [5, 5.41) is 0. The summed E-state index contributed by atoms with van der Waals surface area (Å²) in [5.41, 5.74) is 6.61. The number of nitrogens with zero attached hydrogens (tertiary/aromatic N) is 3. The van der Waals surface area contributed by atoms with Gasteiger partial charge in [0.25, 0.3) is 0 Å². The Bertz CT molecular complexity index is 1340. The van der Waals surface area contributed by atoms with E-state index < -0.39 is 10.1 Å². The van der Waals surface area contributed by atoms with Crippen molar-refractivity contribution in [2.75, 3.05) is 14.1 Å². The van der Waals surface area contributed by atoms with Crippen LogP contribution < -0.4 is 21.9 Å². The first kappa shape index (κ1) is 31.2. The third-order valence-electron chi connectivity index (χ3n) is 6.20. The number of benzene rings is 2. The third kappa shape index (κ3) is 7.83. The molecule has 8 nitrogen and oxygen atoms in total. The molecule has 0 aliphatic carbocycles. The Balaban J connectivity index is 0.000000268. The number of urea groups is 1. The molecule has 3 aromatic rings. The van der Waals surface area contributed by atoms with Crippen molar-refractivity contribution in [1.82, 2.24) is 9.88 Å². The quantitative estimate of drug-likeness (QED) is 0.333. The molecule has 1 aliphatic rings. The number of hydrogen-bond acceptors (Lipinski definition) is 5. The van der Waals surface area contributed by atoms with Crippen LogP contribution in [0, 0.1) is 20.8 Å². The van der Waals surface area contributed by atoms with Gasteiger partial charge in [0.2, 0.25) is 5.52 Å². The number of hydrogen-bond donors (Lipinski definition) is 1. The Morgan fingerprint density at radius 1 is 1.03 bits per heavy atom. The van der Waals surface area contributed by atoms with Crippen molar-refractivity contribution in [2.24, 2.45) is 7.05 Å². The number of nitrogens with one attached hydrogen (secondary N) is 1. The maximum Gasteiger partial charge on any atom is 0.422 e.